The van der Waals surface area contributed by atoms with Gasteiger partial charge in [-0.2, -0.15) is 8.42 Å². The number of rotatable bonds is 6. The third-order valence-electron chi connectivity index (χ3n) is 4.24. The van der Waals surface area contributed by atoms with E-state index in [0.29, 0.717) is 28.6 Å². The van der Waals surface area contributed by atoms with Gasteiger partial charge in [-0.1, -0.05) is 61.9 Å². The molecule has 3 rings (SSSR count). The molecule has 0 fully saturated rings. The maximum Gasteiger partial charge on any atom is 0.297 e. The first-order chi connectivity index (χ1) is 11.9. The van der Waals surface area contributed by atoms with E-state index in [2.05, 4.69) is 0 Å². The van der Waals surface area contributed by atoms with Crippen molar-refractivity contribution in [3.05, 3.63) is 54.6 Å². The van der Waals surface area contributed by atoms with E-state index < -0.39 is 16.2 Å². The van der Waals surface area contributed by atoms with Crippen LogP contribution in [0.2, 0.25) is 0 Å². The van der Waals surface area contributed by atoms with E-state index >= 15 is 0 Å². The van der Waals surface area contributed by atoms with Crippen molar-refractivity contribution >= 4 is 21.0 Å². The minimum atomic E-state index is -4.44. The van der Waals surface area contributed by atoms with Crippen LogP contribution in [-0.4, -0.2) is 28.7 Å². The Morgan fingerprint density at radius 1 is 1.04 bits per heavy atom. The SMILES string of the molecule is CCCC(O)Cn1c(-c2ccccc2)c(S(=O)(=O)O)c2ccccc21. The second kappa shape index (κ2) is 7.00. The third-order valence-corrected chi connectivity index (χ3v) is 5.17. The van der Waals surface area contributed by atoms with Crippen LogP contribution in [0.1, 0.15) is 19.8 Å². The second-order valence-corrected chi connectivity index (χ2v) is 7.45. The number of benzene rings is 2. The largest absolute Gasteiger partial charge is 0.391 e. The maximum absolute atomic E-state index is 12.1. The standard InChI is InChI=1S/C19H21NO4S/c1-2-8-15(21)13-20-17-12-7-6-11-16(17)19(25(22,23)24)18(20)14-9-4-3-5-10-14/h3-7,9-12,15,21H,2,8,13H2,1H3,(H,22,23,24). The van der Waals surface area contributed by atoms with E-state index in [0.717, 1.165) is 6.42 Å². The fraction of sp³-hybridized carbons (Fsp3) is 0.263. The summed E-state index contributed by atoms with van der Waals surface area (Å²) in [5.41, 5.74) is 1.75. The van der Waals surface area contributed by atoms with Crippen LogP contribution in [0.5, 0.6) is 0 Å². The molecule has 1 unspecified atom stereocenters. The zero-order valence-electron chi connectivity index (χ0n) is 14.0. The van der Waals surface area contributed by atoms with E-state index in [1.165, 1.54) is 0 Å². The molecule has 0 spiro atoms. The Balaban J connectivity index is 2.36. The molecular formula is C19H21NO4S. The Hall–Kier alpha value is -2.15. The van der Waals surface area contributed by atoms with Gasteiger partial charge < -0.3 is 9.67 Å². The zero-order valence-corrected chi connectivity index (χ0v) is 14.8. The second-order valence-electron chi connectivity index (χ2n) is 6.09. The van der Waals surface area contributed by atoms with E-state index in [-0.39, 0.29) is 11.4 Å². The van der Waals surface area contributed by atoms with Crippen molar-refractivity contribution < 1.29 is 18.1 Å². The highest BCUT2D eigenvalue weighted by Gasteiger charge is 2.27. The molecule has 0 saturated carbocycles. The normalized spacial score (nSPS) is 13.2. The summed E-state index contributed by atoms with van der Waals surface area (Å²) in [6, 6.07) is 16.1. The summed E-state index contributed by atoms with van der Waals surface area (Å²) >= 11 is 0. The number of fused-ring (bicyclic) bond motifs is 1. The molecule has 0 aliphatic heterocycles. The predicted molar refractivity (Wildman–Crippen MR) is 98.1 cm³/mol. The van der Waals surface area contributed by atoms with Crippen LogP contribution in [0, 0.1) is 0 Å². The lowest BCUT2D eigenvalue weighted by atomic mass is 10.1. The molecule has 0 aliphatic rings. The molecule has 3 aromatic rings. The summed E-state index contributed by atoms with van der Waals surface area (Å²) in [5.74, 6) is 0. The molecule has 25 heavy (non-hydrogen) atoms. The average Bonchev–Trinajstić information content (AvgIpc) is 2.90. The lowest BCUT2D eigenvalue weighted by molar-refractivity contribution is 0.145. The number of hydrogen-bond acceptors (Lipinski definition) is 3. The van der Waals surface area contributed by atoms with Gasteiger partial charge in [0.15, 0.2) is 0 Å². The highest BCUT2D eigenvalue weighted by atomic mass is 32.2. The van der Waals surface area contributed by atoms with E-state index in [1.807, 2.05) is 31.2 Å². The minimum Gasteiger partial charge on any atom is -0.391 e. The van der Waals surface area contributed by atoms with Gasteiger partial charge in [0.2, 0.25) is 0 Å². The predicted octanol–water partition coefficient (Wildman–Crippen LogP) is 3.72. The van der Waals surface area contributed by atoms with Crippen LogP contribution in [0.25, 0.3) is 22.2 Å². The van der Waals surface area contributed by atoms with Gasteiger partial charge in [0, 0.05) is 11.9 Å². The van der Waals surface area contributed by atoms with Crippen LogP contribution in [0.3, 0.4) is 0 Å². The molecule has 1 heterocycles. The number of para-hydroxylation sites is 1. The Morgan fingerprint density at radius 3 is 2.32 bits per heavy atom. The van der Waals surface area contributed by atoms with Crippen molar-refractivity contribution in [1.29, 1.82) is 0 Å². The smallest absolute Gasteiger partial charge is 0.297 e. The first-order valence-corrected chi connectivity index (χ1v) is 9.69. The van der Waals surface area contributed by atoms with Crippen LogP contribution >= 0.6 is 0 Å². The van der Waals surface area contributed by atoms with Crippen LogP contribution in [-0.2, 0) is 16.7 Å². The van der Waals surface area contributed by atoms with Gasteiger partial charge in [0.1, 0.15) is 4.90 Å². The summed E-state index contributed by atoms with van der Waals surface area (Å²) in [6.07, 6.45) is 0.839. The van der Waals surface area contributed by atoms with Crippen molar-refractivity contribution in [2.45, 2.75) is 37.3 Å². The molecule has 1 aromatic heterocycles. The maximum atomic E-state index is 12.1. The summed E-state index contributed by atoms with van der Waals surface area (Å²) in [4.78, 5) is -0.113. The molecule has 1 atom stereocenters. The lowest BCUT2D eigenvalue weighted by Crippen LogP contribution is -2.16. The van der Waals surface area contributed by atoms with E-state index in [1.54, 1.807) is 34.9 Å². The Kier molecular flexibility index (Phi) is 4.94. The molecule has 0 bridgehead atoms. The first-order valence-electron chi connectivity index (χ1n) is 8.25. The average molecular weight is 359 g/mol. The van der Waals surface area contributed by atoms with Gasteiger partial charge in [-0.05, 0) is 18.1 Å². The highest BCUT2D eigenvalue weighted by Crippen LogP contribution is 2.37. The molecule has 6 heteroatoms. The van der Waals surface area contributed by atoms with Crippen molar-refractivity contribution in [3.63, 3.8) is 0 Å². The fourth-order valence-corrected chi connectivity index (χ4v) is 4.16. The quantitative estimate of drug-likeness (QED) is 0.658. The first kappa shape index (κ1) is 17.7. The van der Waals surface area contributed by atoms with E-state index in [4.69, 9.17) is 0 Å². The van der Waals surface area contributed by atoms with E-state index in [9.17, 15) is 18.1 Å². The summed E-state index contributed by atoms with van der Waals surface area (Å²) < 4.78 is 36.0. The zero-order chi connectivity index (χ0) is 18.0. The topological polar surface area (TPSA) is 79.5 Å². The highest BCUT2D eigenvalue weighted by molar-refractivity contribution is 7.86. The van der Waals surface area contributed by atoms with Crippen molar-refractivity contribution in [2.24, 2.45) is 0 Å². The number of nitrogens with zero attached hydrogens (tertiary/aromatic N) is 1. The number of aliphatic hydroxyl groups excluding tert-OH is 1. The molecule has 0 radical (unpaired) electrons. The monoisotopic (exact) mass is 359 g/mol. The van der Waals surface area contributed by atoms with Gasteiger partial charge in [-0.25, -0.2) is 0 Å². The molecule has 132 valence electrons. The van der Waals surface area contributed by atoms with Gasteiger partial charge in [-0.15, -0.1) is 0 Å². The van der Waals surface area contributed by atoms with Gasteiger partial charge in [-0.3, -0.25) is 4.55 Å². The van der Waals surface area contributed by atoms with Gasteiger partial charge in [0.05, 0.1) is 17.3 Å². The van der Waals surface area contributed by atoms with Crippen molar-refractivity contribution in [3.8, 4) is 11.3 Å². The van der Waals surface area contributed by atoms with Crippen LogP contribution < -0.4 is 0 Å². The van der Waals surface area contributed by atoms with Crippen molar-refractivity contribution in [2.75, 3.05) is 0 Å². The Morgan fingerprint density at radius 2 is 1.68 bits per heavy atom. The Labute approximate surface area is 147 Å². The molecule has 0 amide bonds. The molecular weight excluding hydrogens is 338 g/mol. The molecule has 0 saturated heterocycles. The van der Waals surface area contributed by atoms with Crippen LogP contribution in [0.15, 0.2) is 59.5 Å². The summed E-state index contributed by atoms with van der Waals surface area (Å²) in [6.45, 7) is 2.24. The third kappa shape index (κ3) is 3.46. The molecule has 2 N–H and O–H groups in total. The minimum absolute atomic E-state index is 0.113. The lowest BCUT2D eigenvalue weighted by Gasteiger charge is -2.16. The molecule has 2 aromatic carbocycles. The molecule has 0 aliphatic carbocycles. The van der Waals surface area contributed by atoms with Crippen LogP contribution in [0.4, 0.5) is 0 Å². The number of aliphatic hydroxyl groups is 1. The fourth-order valence-electron chi connectivity index (χ4n) is 3.24. The van der Waals surface area contributed by atoms with Crippen molar-refractivity contribution in [1.82, 2.24) is 4.57 Å². The summed E-state index contributed by atoms with van der Waals surface area (Å²) in [7, 11) is -4.44. The summed E-state index contributed by atoms with van der Waals surface area (Å²) in [5, 5.41) is 10.8. The van der Waals surface area contributed by atoms with Gasteiger partial charge in [0.25, 0.3) is 10.1 Å². The number of hydrogen-bond donors (Lipinski definition) is 2. The van der Waals surface area contributed by atoms with Gasteiger partial charge >= 0.3 is 0 Å². The molecule has 5 nitrogen and oxygen atoms in total. The Bertz CT molecular complexity index is 977. The number of aromatic nitrogens is 1.